The highest BCUT2D eigenvalue weighted by Crippen LogP contribution is 2.17. The zero-order valence-electron chi connectivity index (χ0n) is 11.8. The molecule has 1 aliphatic rings. The fourth-order valence-corrected chi connectivity index (χ4v) is 2.73. The summed E-state index contributed by atoms with van der Waals surface area (Å²) < 4.78 is 0. The van der Waals surface area contributed by atoms with Crippen LogP contribution < -0.4 is 0 Å². The summed E-state index contributed by atoms with van der Waals surface area (Å²) in [6.45, 7) is 6.58. The van der Waals surface area contributed by atoms with Crippen molar-refractivity contribution in [2.45, 2.75) is 19.9 Å². The van der Waals surface area contributed by atoms with Crippen molar-refractivity contribution in [2.75, 3.05) is 26.2 Å². The van der Waals surface area contributed by atoms with Crippen LogP contribution in [0.1, 0.15) is 22.8 Å². The molecule has 1 unspecified atom stereocenters. The average molecular weight is 292 g/mol. The molecule has 0 saturated carbocycles. The van der Waals surface area contributed by atoms with Crippen molar-refractivity contribution in [3.05, 3.63) is 34.3 Å². The van der Waals surface area contributed by atoms with Gasteiger partial charge in [0.05, 0.1) is 12.1 Å². The molecular weight excluding hydrogens is 274 g/mol. The topological polar surface area (TPSA) is 47.3 Å². The molecule has 1 aromatic rings. The van der Waals surface area contributed by atoms with Crippen LogP contribution in [0, 0.1) is 18.3 Å². The summed E-state index contributed by atoms with van der Waals surface area (Å²) in [6, 6.07) is 7.54. The summed E-state index contributed by atoms with van der Waals surface area (Å²) in [5, 5.41) is 9.50. The van der Waals surface area contributed by atoms with Gasteiger partial charge < -0.3 is 4.90 Å². The van der Waals surface area contributed by atoms with E-state index in [9.17, 15) is 4.79 Å². The summed E-state index contributed by atoms with van der Waals surface area (Å²) in [7, 11) is 0. The number of carbonyl (C=O) groups is 1. The SMILES string of the molecule is Cc1cc(Cl)cc(C(=O)N2CCN(C(C)C#N)CC2)c1. The molecule has 0 radical (unpaired) electrons. The van der Waals surface area contributed by atoms with Crippen molar-refractivity contribution in [1.29, 1.82) is 5.26 Å². The van der Waals surface area contributed by atoms with E-state index in [2.05, 4.69) is 11.0 Å². The van der Waals surface area contributed by atoms with Gasteiger partial charge in [-0.25, -0.2) is 0 Å². The van der Waals surface area contributed by atoms with Crippen LogP contribution in [0.4, 0.5) is 0 Å². The molecule has 1 aliphatic heterocycles. The molecule has 1 saturated heterocycles. The van der Waals surface area contributed by atoms with E-state index in [-0.39, 0.29) is 11.9 Å². The second-order valence-corrected chi connectivity index (χ2v) is 5.59. The third kappa shape index (κ3) is 3.30. The number of amides is 1. The van der Waals surface area contributed by atoms with Crippen LogP contribution in [-0.2, 0) is 0 Å². The molecule has 4 nitrogen and oxygen atoms in total. The Hall–Kier alpha value is -1.57. The third-order valence-electron chi connectivity index (χ3n) is 3.63. The lowest BCUT2D eigenvalue weighted by Gasteiger charge is -2.36. The highest BCUT2D eigenvalue weighted by Gasteiger charge is 2.24. The average Bonchev–Trinajstić information content (AvgIpc) is 2.45. The Kier molecular flexibility index (Phi) is 4.64. The molecule has 0 aliphatic carbocycles. The molecule has 106 valence electrons. The van der Waals surface area contributed by atoms with Crippen molar-refractivity contribution >= 4 is 17.5 Å². The minimum absolute atomic E-state index is 0.0138. The van der Waals surface area contributed by atoms with Crippen molar-refractivity contribution in [1.82, 2.24) is 9.80 Å². The quantitative estimate of drug-likeness (QED) is 0.840. The Morgan fingerprint density at radius 3 is 2.50 bits per heavy atom. The molecule has 1 aromatic carbocycles. The molecule has 1 atom stereocenters. The Bertz CT molecular complexity index is 524. The van der Waals surface area contributed by atoms with Crippen molar-refractivity contribution in [2.24, 2.45) is 0 Å². The van der Waals surface area contributed by atoms with Gasteiger partial charge in [0.15, 0.2) is 0 Å². The highest BCUT2D eigenvalue weighted by molar-refractivity contribution is 6.31. The van der Waals surface area contributed by atoms with E-state index in [1.807, 2.05) is 30.9 Å². The molecule has 2 rings (SSSR count). The standard InChI is InChI=1S/C15H18ClN3O/c1-11-7-13(9-14(16)8-11)15(20)19-5-3-18(4-6-19)12(2)10-17/h7-9,12H,3-6H2,1-2H3. The van der Waals surface area contributed by atoms with Crippen LogP contribution in [0.5, 0.6) is 0 Å². The predicted molar refractivity (Wildman–Crippen MR) is 78.7 cm³/mol. The first kappa shape index (κ1) is 14.8. The first-order valence-electron chi connectivity index (χ1n) is 6.71. The lowest BCUT2D eigenvalue weighted by molar-refractivity contribution is 0.0615. The number of rotatable bonds is 2. The summed E-state index contributed by atoms with van der Waals surface area (Å²) in [4.78, 5) is 16.3. The molecule has 1 heterocycles. The number of aryl methyl sites for hydroxylation is 1. The number of benzene rings is 1. The molecular formula is C15H18ClN3O. The normalized spacial score (nSPS) is 17.6. The molecule has 0 N–H and O–H groups in total. The summed E-state index contributed by atoms with van der Waals surface area (Å²) in [6.07, 6.45) is 0. The first-order valence-corrected chi connectivity index (χ1v) is 7.09. The number of nitrogens with zero attached hydrogens (tertiary/aromatic N) is 3. The largest absolute Gasteiger partial charge is 0.336 e. The highest BCUT2D eigenvalue weighted by atomic mass is 35.5. The van der Waals surface area contributed by atoms with Gasteiger partial charge in [-0.15, -0.1) is 0 Å². The number of hydrogen-bond donors (Lipinski definition) is 0. The molecule has 0 bridgehead atoms. The molecule has 1 amide bonds. The van der Waals surface area contributed by atoms with E-state index in [1.54, 1.807) is 6.07 Å². The van der Waals surface area contributed by atoms with Crippen molar-refractivity contribution in [3.8, 4) is 6.07 Å². The van der Waals surface area contributed by atoms with Gasteiger partial charge in [0.25, 0.3) is 5.91 Å². The Labute approximate surface area is 124 Å². The van der Waals surface area contributed by atoms with Gasteiger partial charge in [-0.3, -0.25) is 9.69 Å². The molecule has 20 heavy (non-hydrogen) atoms. The van der Waals surface area contributed by atoms with Crippen LogP contribution in [0.2, 0.25) is 5.02 Å². The monoisotopic (exact) mass is 291 g/mol. The minimum atomic E-state index is -0.0966. The Morgan fingerprint density at radius 1 is 1.30 bits per heavy atom. The van der Waals surface area contributed by atoms with E-state index in [0.29, 0.717) is 23.7 Å². The summed E-state index contributed by atoms with van der Waals surface area (Å²) >= 11 is 6.00. The Balaban J connectivity index is 2.03. The zero-order valence-corrected chi connectivity index (χ0v) is 12.5. The second kappa shape index (κ2) is 6.25. The Morgan fingerprint density at radius 2 is 1.95 bits per heavy atom. The number of nitriles is 1. The van der Waals surface area contributed by atoms with E-state index >= 15 is 0 Å². The van der Waals surface area contributed by atoms with Crippen LogP contribution in [-0.4, -0.2) is 47.9 Å². The maximum atomic E-state index is 12.4. The van der Waals surface area contributed by atoms with Gasteiger partial charge in [-0.2, -0.15) is 5.26 Å². The van der Waals surface area contributed by atoms with Gasteiger partial charge >= 0.3 is 0 Å². The molecule has 1 fully saturated rings. The van der Waals surface area contributed by atoms with Crippen LogP contribution in [0.25, 0.3) is 0 Å². The number of piperazine rings is 1. The van der Waals surface area contributed by atoms with Crippen LogP contribution in [0.15, 0.2) is 18.2 Å². The smallest absolute Gasteiger partial charge is 0.254 e. The van der Waals surface area contributed by atoms with Gasteiger partial charge in [0, 0.05) is 36.8 Å². The number of hydrogen-bond acceptors (Lipinski definition) is 3. The van der Waals surface area contributed by atoms with Gasteiger partial charge in [-0.1, -0.05) is 11.6 Å². The van der Waals surface area contributed by atoms with Gasteiger partial charge in [0.1, 0.15) is 0 Å². The minimum Gasteiger partial charge on any atom is -0.336 e. The summed E-state index contributed by atoms with van der Waals surface area (Å²) in [5.74, 6) is 0.0138. The van der Waals surface area contributed by atoms with Crippen molar-refractivity contribution in [3.63, 3.8) is 0 Å². The van der Waals surface area contributed by atoms with Crippen molar-refractivity contribution < 1.29 is 4.79 Å². The van der Waals surface area contributed by atoms with Crippen LogP contribution >= 0.6 is 11.6 Å². The second-order valence-electron chi connectivity index (χ2n) is 5.15. The van der Waals surface area contributed by atoms with Gasteiger partial charge in [-0.05, 0) is 37.6 Å². The fourth-order valence-electron chi connectivity index (χ4n) is 2.44. The van der Waals surface area contributed by atoms with E-state index in [4.69, 9.17) is 16.9 Å². The first-order chi connectivity index (χ1) is 9.51. The lowest BCUT2D eigenvalue weighted by Crippen LogP contribution is -2.51. The van der Waals surface area contributed by atoms with Crippen LogP contribution in [0.3, 0.4) is 0 Å². The van der Waals surface area contributed by atoms with E-state index < -0.39 is 0 Å². The fraction of sp³-hybridized carbons (Fsp3) is 0.467. The molecule has 0 aromatic heterocycles. The maximum Gasteiger partial charge on any atom is 0.254 e. The molecule has 5 heteroatoms. The summed E-state index contributed by atoms with van der Waals surface area (Å²) in [5.41, 5.74) is 1.62. The predicted octanol–water partition coefficient (Wildman–Crippen LogP) is 2.32. The third-order valence-corrected chi connectivity index (χ3v) is 3.84. The van der Waals surface area contributed by atoms with Gasteiger partial charge in [0.2, 0.25) is 0 Å². The number of halogens is 1. The zero-order chi connectivity index (χ0) is 14.7. The molecule has 0 spiro atoms. The lowest BCUT2D eigenvalue weighted by atomic mass is 10.1. The van der Waals surface area contributed by atoms with E-state index in [1.165, 1.54) is 0 Å². The number of carbonyl (C=O) groups excluding carboxylic acids is 1. The van der Waals surface area contributed by atoms with E-state index in [0.717, 1.165) is 18.7 Å². The maximum absolute atomic E-state index is 12.4.